The van der Waals surface area contributed by atoms with Crippen LogP contribution in [-0.4, -0.2) is 40.8 Å². The molecule has 2 unspecified atom stereocenters. The molecule has 0 saturated carbocycles. The van der Waals surface area contributed by atoms with Crippen molar-refractivity contribution in [3.8, 4) is 0 Å². The van der Waals surface area contributed by atoms with Crippen molar-refractivity contribution >= 4 is 17.4 Å². The van der Waals surface area contributed by atoms with E-state index in [0.717, 1.165) is 31.7 Å². The number of pyridine rings is 1. The molecule has 1 fully saturated rings. The lowest BCUT2D eigenvalue weighted by Gasteiger charge is -2.42. The molecule has 1 N–H and O–H groups in total. The SMILES string of the molecule is CC(=O)Nc1ccc(C(=O)CN2CC3CC(C2)c2cccc(=O)n2C3)cc1. The van der Waals surface area contributed by atoms with Crippen molar-refractivity contribution in [3.63, 3.8) is 0 Å². The zero-order valence-corrected chi connectivity index (χ0v) is 15.4. The maximum absolute atomic E-state index is 12.7. The number of likely N-dealkylation sites (tertiary alicyclic amines) is 1. The number of hydrogen-bond acceptors (Lipinski definition) is 4. The Balaban J connectivity index is 1.44. The van der Waals surface area contributed by atoms with Crippen LogP contribution in [0.2, 0.25) is 0 Å². The Morgan fingerprint density at radius 2 is 1.85 bits per heavy atom. The molecule has 27 heavy (non-hydrogen) atoms. The molecule has 1 amide bonds. The minimum Gasteiger partial charge on any atom is -0.326 e. The van der Waals surface area contributed by atoms with Gasteiger partial charge in [0.05, 0.1) is 6.54 Å². The van der Waals surface area contributed by atoms with E-state index in [1.165, 1.54) is 6.92 Å². The first-order valence-electron chi connectivity index (χ1n) is 9.32. The van der Waals surface area contributed by atoms with E-state index in [2.05, 4.69) is 10.2 Å². The number of piperidine rings is 1. The first-order valence-corrected chi connectivity index (χ1v) is 9.32. The molecule has 4 rings (SSSR count). The van der Waals surface area contributed by atoms with Crippen LogP contribution in [0.5, 0.6) is 0 Å². The summed E-state index contributed by atoms with van der Waals surface area (Å²) >= 11 is 0. The van der Waals surface area contributed by atoms with Gasteiger partial charge in [0.2, 0.25) is 5.91 Å². The average molecular weight is 365 g/mol. The summed E-state index contributed by atoms with van der Waals surface area (Å²) in [5, 5.41) is 2.70. The second-order valence-corrected chi connectivity index (χ2v) is 7.57. The van der Waals surface area contributed by atoms with Crippen LogP contribution in [0.3, 0.4) is 0 Å². The molecule has 6 heteroatoms. The number of Topliss-reactive ketones (excluding diaryl/α,β-unsaturated/α-hetero) is 1. The third-order valence-corrected chi connectivity index (χ3v) is 5.45. The van der Waals surface area contributed by atoms with Crippen molar-refractivity contribution in [1.29, 1.82) is 0 Å². The molecule has 0 radical (unpaired) electrons. The van der Waals surface area contributed by atoms with E-state index in [-0.39, 0.29) is 17.2 Å². The second kappa shape index (κ2) is 7.12. The summed E-state index contributed by atoms with van der Waals surface area (Å²) in [6, 6.07) is 12.5. The molecule has 2 aromatic rings. The number of nitrogens with one attached hydrogen (secondary N) is 1. The van der Waals surface area contributed by atoms with Crippen molar-refractivity contribution < 1.29 is 9.59 Å². The molecule has 1 aromatic carbocycles. The number of ketones is 1. The molecule has 140 valence electrons. The summed E-state index contributed by atoms with van der Waals surface area (Å²) < 4.78 is 1.90. The fourth-order valence-corrected chi connectivity index (χ4v) is 4.36. The first kappa shape index (κ1) is 17.7. The maximum Gasteiger partial charge on any atom is 0.250 e. The van der Waals surface area contributed by atoms with Crippen molar-refractivity contribution in [2.75, 3.05) is 25.0 Å². The fraction of sp³-hybridized carbons (Fsp3) is 0.381. The van der Waals surface area contributed by atoms with Crippen LogP contribution in [0.15, 0.2) is 47.3 Å². The molecule has 3 heterocycles. The summed E-state index contributed by atoms with van der Waals surface area (Å²) in [6.07, 6.45) is 1.08. The third-order valence-electron chi connectivity index (χ3n) is 5.45. The standard InChI is InChI=1S/C21H23N3O3/c1-14(25)22-18-7-5-16(6-8-18)20(26)13-23-10-15-9-17(12-23)19-3-2-4-21(27)24(19)11-15/h2-8,15,17H,9-13H2,1H3,(H,22,25). The summed E-state index contributed by atoms with van der Waals surface area (Å²) in [5.74, 6) is 0.663. The average Bonchev–Trinajstić information content (AvgIpc) is 2.63. The van der Waals surface area contributed by atoms with Crippen LogP contribution in [0.4, 0.5) is 5.69 Å². The maximum atomic E-state index is 12.7. The van der Waals surface area contributed by atoms with Gasteiger partial charge in [0.25, 0.3) is 5.56 Å². The number of hydrogen-bond donors (Lipinski definition) is 1. The molecule has 1 saturated heterocycles. The Bertz CT molecular complexity index is 932. The fourth-order valence-electron chi connectivity index (χ4n) is 4.36. The Hall–Kier alpha value is -2.73. The van der Waals surface area contributed by atoms with Gasteiger partial charge in [0, 0.05) is 55.5 Å². The van der Waals surface area contributed by atoms with Crippen LogP contribution in [0, 0.1) is 5.92 Å². The highest BCUT2D eigenvalue weighted by atomic mass is 16.1. The number of amides is 1. The van der Waals surface area contributed by atoms with Crippen molar-refractivity contribution in [3.05, 3.63) is 64.1 Å². The van der Waals surface area contributed by atoms with Crippen molar-refractivity contribution in [2.45, 2.75) is 25.8 Å². The zero-order valence-electron chi connectivity index (χ0n) is 15.4. The number of carbonyl (C=O) groups is 2. The lowest BCUT2D eigenvalue weighted by Crippen LogP contribution is -2.48. The lowest BCUT2D eigenvalue weighted by molar-refractivity contribution is -0.114. The molecule has 1 aromatic heterocycles. The number of nitrogens with zero attached hydrogens (tertiary/aromatic N) is 2. The topological polar surface area (TPSA) is 71.4 Å². The monoisotopic (exact) mass is 365 g/mol. The Morgan fingerprint density at radius 3 is 2.59 bits per heavy atom. The van der Waals surface area contributed by atoms with Gasteiger partial charge in [-0.1, -0.05) is 6.07 Å². The van der Waals surface area contributed by atoms with Gasteiger partial charge in [-0.2, -0.15) is 0 Å². The van der Waals surface area contributed by atoms with Gasteiger partial charge >= 0.3 is 0 Å². The number of aromatic nitrogens is 1. The van der Waals surface area contributed by atoms with Gasteiger partial charge in [0.15, 0.2) is 5.78 Å². The van der Waals surface area contributed by atoms with Gasteiger partial charge in [-0.3, -0.25) is 19.3 Å². The molecular formula is C21H23N3O3. The highest BCUT2D eigenvalue weighted by Gasteiger charge is 2.34. The molecule has 0 spiro atoms. The van der Waals surface area contributed by atoms with Gasteiger partial charge in [-0.25, -0.2) is 0 Å². The molecule has 2 bridgehead atoms. The van der Waals surface area contributed by atoms with E-state index in [9.17, 15) is 14.4 Å². The van der Waals surface area contributed by atoms with E-state index < -0.39 is 0 Å². The summed E-state index contributed by atoms with van der Waals surface area (Å²) in [7, 11) is 0. The quantitative estimate of drug-likeness (QED) is 0.843. The van der Waals surface area contributed by atoms with E-state index in [1.807, 2.05) is 16.7 Å². The van der Waals surface area contributed by atoms with Crippen LogP contribution in [0.1, 0.15) is 35.3 Å². The molecule has 2 aliphatic rings. The first-order chi connectivity index (χ1) is 13.0. The molecular weight excluding hydrogens is 342 g/mol. The van der Waals surface area contributed by atoms with Crippen LogP contribution in [-0.2, 0) is 11.3 Å². The smallest absolute Gasteiger partial charge is 0.250 e. The van der Waals surface area contributed by atoms with E-state index in [4.69, 9.17) is 0 Å². The third kappa shape index (κ3) is 3.71. The van der Waals surface area contributed by atoms with Crippen LogP contribution < -0.4 is 10.9 Å². The van der Waals surface area contributed by atoms with Crippen molar-refractivity contribution in [2.24, 2.45) is 5.92 Å². The number of fused-ring (bicyclic) bond motifs is 4. The number of benzene rings is 1. The summed E-state index contributed by atoms with van der Waals surface area (Å²) in [5.41, 5.74) is 2.51. The minimum absolute atomic E-state index is 0.0750. The molecule has 0 aliphatic carbocycles. The van der Waals surface area contributed by atoms with Gasteiger partial charge < -0.3 is 9.88 Å². The summed E-state index contributed by atoms with van der Waals surface area (Å²) in [4.78, 5) is 38.1. The van der Waals surface area contributed by atoms with E-state index >= 15 is 0 Å². The molecule has 6 nitrogen and oxygen atoms in total. The highest BCUT2D eigenvalue weighted by Crippen LogP contribution is 2.34. The predicted molar refractivity (Wildman–Crippen MR) is 103 cm³/mol. The van der Waals surface area contributed by atoms with Gasteiger partial charge in [0.1, 0.15) is 0 Å². The Labute approximate surface area is 157 Å². The van der Waals surface area contributed by atoms with E-state index in [1.54, 1.807) is 30.3 Å². The van der Waals surface area contributed by atoms with Gasteiger partial charge in [-0.15, -0.1) is 0 Å². The molecule has 2 atom stereocenters. The Morgan fingerprint density at radius 1 is 1.07 bits per heavy atom. The largest absolute Gasteiger partial charge is 0.326 e. The Kier molecular flexibility index (Phi) is 4.66. The number of carbonyl (C=O) groups excluding carboxylic acids is 2. The minimum atomic E-state index is -0.131. The van der Waals surface area contributed by atoms with Gasteiger partial charge in [-0.05, 0) is 42.7 Å². The normalized spacial score (nSPS) is 21.4. The zero-order chi connectivity index (χ0) is 19.0. The molecule has 2 aliphatic heterocycles. The highest BCUT2D eigenvalue weighted by molar-refractivity contribution is 5.98. The lowest BCUT2D eigenvalue weighted by atomic mass is 9.83. The second-order valence-electron chi connectivity index (χ2n) is 7.57. The predicted octanol–water partition coefficient (Wildman–Crippen LogP) is 2.11. The van der Waals surface area contributed by atoms with Crippen LogP contribution >= 0.6 is 0 Å². The number of anilines is 1. The van der Waals surface area contributed by atoms with Crippen LogP contribution in [0.25, 0.3) is 0 Å². The summed E-state index contributed by atoms with van der Waals surface area (Å²) in [6.45, 7) is 4.21. The van der Waals surface area contributed by atoms with E-state index in [0.29, 0.717) is 29.6 Å². The van der Waals surface area contributed by atoms with Crippen molar-refractivity contribution in [1.82, 2.24) is 9.47 Å². The number of rotatable bonds is 4.